The second-order valence-electron chi connectivity index (χ2n) is 7.50. The molecule has 11 nitrogen and oxygen atoms in total. The van der Waals surface area contributed by atoms with Gasteiger partial charge in [0, 0.05) is 31.3 Å². The Morgan fingerprint density at radius 2 is 1.79 bits per heavy atom. The van der Waals surface area contributed by atoms with E-state index in [-0.39, 0.29) is 22.1 Å². The number of rotatable bonds is 7. The summed E-state index contributed by atoms with van der Waals surface area (Å²) in [4.78, 5) is 47.9. The number of nitrogens with zero attached hydrogens (tertiary/aromatic N) is 3. The Kier molecular flexibility index (Phi) is 7.44. The summed E-state index contributed by atoms with van der Waals surface area (Å²) >= 11 is 5.98. The number of hydrogen-bond acceptors (Lipinski definition) is 8. The number of esters is 1. The molecule has 1 atom stereocenters. The summed E-state index contributed by atoms with van der Waals surface area (Å²) in [5.74, 6) is -1.69. The zero-order valence-corrected chi connectivity index (χ0v) is 18.4. The quantitative estimate of drug-likeness (QED) is 0.359. The molecular weight excluding hydrogens is 456 g/mol. The van der Waals surface area contributed by atoms with Crippen LogP contribution >= 0.6 is 11.6 Å². The topological polar surface area (TPSA) is 145 Å². The van der Waals surface area contributed by atoms with E-state index in [1.807, 2.05) is 4.90 Å². The average Bonchev–Trinajstić information content (AvgIpc) is 2.80. The first-order chi connectivity index (χ1) is 15.7. The smallest absolute Gasteiger partial charge is 0.309 e. The Hall–Kier alpha value is -3.73. The first-order valence-corrected chi connectivity index (χ1v) is 10.5. The maximum Gasteiger partial charge on any atom is 0.309 e. The van der Waals surface area contributed by atoms with Crippen molar-refractivity contribution in [2.45, 2.75) is 25.9 Å². The van der Waals surface area contributed by atoms with Gasteiger partial charge in [0.2, 0.25) is 0 Å². The van der Waals surface area contributed by atoms with Gasteiger partial charge in [-0.1, -0.05) is 23.7 Å². The summed E-state index contributed by atoms with van der Waals surface area (Å²) in [6, 6.07) is 10.0. The van der Waals surface area contributed by atoms with Crippen LogP contribution in [0.5, 0.6) is 0 Å². The molecule has 0 radical (unpaired) electrons. The summed E-state index contributed by atoms with van der Waals surface area (Å²) < 4.78 is 5.29. The normalized spacial score (nSPS) is 14.9. The van der Waals surface area contributed by atoms with Gasteiger partial charge in [-0.15, -0.1) is 0 Å². The van der Waals surface area contributed by atoms with Crippen LogP contribution < -0.4 is 10.2 Å². The SMILES string of the molecule is CC(OC(=O)C1CCN(c2ccccc2[N+](=O)[O-])CC1)C(=O)Nc1cc([N+](=O)[O-])ccc1Cl. The highest BCUT2D eigenvalue weighted by atomic mass is 35.5. The van der Waals surface area contributed by atoms with E-state index in [4.69, 9.17) is 16.3 Å². The number of non-ortho nitro benzene ring substituents is 1. The van der Waals surface area contributed by atoms with Crippen LogP contribution in [0.1, 0.15) is 19.8 Å². The van der Waals surface area contributed by atoms with Crippen molar-refractivity contribution in [2.24, 2.45) is 5.92 Å². The van der Waals surface area contributed by atoms with E-state index in [0.29, 0.717) is 31.6 Å². The number of anilines is 2. The molecule has 1 saturated heterocycles. The van der Waals surface area contributed by atoms with Gasteiger partial charge >= 0.3 is 5.97 Å². The molecule has 1 aliphatic heterocycles. The Labute approximate surface area is 193 Å². The summed E-state index contributed by atoms with van der Waals surface area (Å²) in [5, 5.41) is 24.7. The fraction of sp³-hybridized carbons (Fsp3) is 0.333. The third kappa shape index (κ3) is 5.75. The maximum atomic E-state index is 12.5. The molecule has 0 saturated carbocycles. The van der Waals surface area contributed by atoms with Crippen LogP contribution in [0, 0.1) is 26.1 Å². The number of hydrogen-bond donors (Lipinski definition) is 1. The van der Waals surface area contributed by atoms with E-state index in [9.17, 15) is 29.8 Å². The number of nitro groups is 2. The molecule has 1 unspecified atom stereocenters. The number of carbonyl (C=O) groups is 2. The van der Waals surface area contributed by atoms with E-state index >= 15 is 0 Å². The van der Waals surface area contributed by atoms with Crippen LogP contribution in [0.25, 0.3) is 0 Å². The van der Waals surface area contributed by atoms with Crippen molar-refractivity contribution >= 4 is 46.2 Å². The Balaban J connectivity index is 1.56. The second-order valence-corrected chi connectivity index (χ2v) is 7.90. The van der Waals surface area contributed by atoms with E-state index in [1.165, 1.54) is 25.1 Å². The number of para-hydroxylation sites is 2. The lowest BCUT2D eigenvalue weighted by molar-refractivity contribution is -0.384. The zero-order valence-electron chi connectivity index (χ0n) is 17.6. The number of halogens is 1. The number of nitrogens with one attached hydrogen (secondary N) is 1. The van der Waals surface area contributed by atoms with Crippen molar-refractivity contribution in [3.63, 3.8) is 0 Å². The van der Waals surface area contributed by atoms with E-state index < -0.39 is 33.7 Å². The van der Waals surface area contributed by atoms with Gasteiger partial charge in [-0.3, -0.25) is 29.8 Å². The fourth-order valence-electron chi connectivity index (χ4n) is 3.52. The van der Waals surface area contributed by atoms with Crippen LogP contribution in [0.15, 0.2) is 42.5 Å². The minimum atomic E-state index is -1.15. The zero-order chi connectivity index (χ0) is 24.1. The lowest BCUT2D eigenvalue weighted by Gasteiger charge is -2.32. The third-order valence-electron chi connectivity index (χ3n) is 5.33. The van der Waals surface area contributed by atoms with E-state index in [0.717, 1.165) is 6.07 Å². The number of nitro benzene ring substituents is 2. The summed E-state index contributed by atoms with van der Waals surface area (Å²) in [6.45, 7) is 2.24. The maximum absolute atomic E-state index is 12.5. The van der Waals surface area contributed by atoms with Crippen LogP contribution in [-0.4, -0.2) is 40.9 Å². The number of amides is 1. The van der Waals surface area contributed by atoms with Gasteiger partial charge in [-0.2, -0.15) is 0 Å². The average molecular weight is 477 g/mol. The second kappa shape index (κ2) is 10.3. The molecule has 12 heteroatoms. The van der Waals surface area contributed by atoms with Crippen molar-refractivity contribution in [3.8, 4) is 0 Å². The Morgan fingerprint density at radius 1 is 1.12 bits per heavy atom. The minimum Gasteiger partial charge on any atom is -0.452 e. The first-order valence-electron chi connectivity index (χ1n) is 10.1. The van der Waals surface area contributed by atoms with Crippen molar-refractivity contribution in [1.82, 2.24) is 0 Å². The molecule has 1 fully saturated rings. The highest BCUT2D eigenvalue weighted by Crippen LogP contribution is 2.32. The van der Waals surface area contributed by atoms with Gasteiger partial charge in [0.05, 0.1) is 26.5 Å². The Bertz CT molecular complexity index is 1090. The minimum absolute atomic E-state index is 0.00336. The van der Waals surface area contributed by atoms with E-state index in [2.05, 4.69) is 5.32 Å². The first kappa shape index (κ1) is 23.9. The van der Waals surface area contributed by atoms with Crippen LogP contribution in [0.3, 0.4) is 0 Å². The van der Waals surface area contributed by atoms with Gasteiger partial charge in [-0.25, -0.2) is 0 Å². The molecule has 0 bridgehead atoms. The molecule has 1 heterocycles. The molecule has 0 aromatic heterocycles. The summed E-state index contributed by atoms with van der Waals surface area (Å²) in [5.41, 5.74) is 0.292. The van der Waals surface area contributed by atoms with Crippen LogP contribution in [0.4, 0.5) is 22.7 Å². The molecule has 0 spiro atoms. The lowest BCUT2D eigenvalue weighted by atomic mass is 9.96. The van der Waals surface area contributed by atoms with Crippen molar-refractivity contribution in [2.75, 3.05) is 23.3 Å². The van der Waals surface area contributed by atoms with Crippen molar-refractivity contribution < 1.29 is 24.2 Å². The molecule has 2 aromatic rings. The van der Waals surface area contributed by atoms with Gasteiger partial charge in [-0.05, 0) is 31.9 Å². The fourth-order valence-corrected chi connectivity index (χ4v) is 3.69. The van der Waals surface area contributed by atoms with Crippen LogP contribution in [0.2, 0.25) is 5.02 Å². The molecule has 1 N–H and O–H groups in total. The van der Waals surface area contributed by atoms with Crippen molar-refractivity contribution in [3.05, 3.63) is 67.7 Å². The number of ether oxygens (including phenoxy) is 1. The van der Waals surface area contributed by atoms with Gasteiger partial charge < -0.3 is 15.0 Å². The third-order valence-corrected chi connectivity index (χ3v) is 5.66. The van der Waals surface area contributed by atoms with Gasteiger partial charge in [0.15, 0.2) is 6.10 Å². The molecule has 174 valence electrons. The standard InChI is InChI=1S/C21H21ClN4O7/c1-13(20(27)23-17-12-15(25(29)30)6-7-16(17)22)33-21(28)14-8-10-24(11-9-14)18-4-2-3-5-19(18)26(31)32/h2-7,12-14H,8-11H2,1H3,(H,23,27). The van der Waals surface area contributed by atoms with Crippen LogP contribution in [-0.2, 0) is 14.3 Å². The number of carbonyl (C=O) groups excluding carboxylic acids is 2. The largest absolute Gasteiger partial charge is 0.452 e. The molecule has 3 rings (SSSR count). The predicted octanol–water partition coefficient (Wildman–Crippen LogP) is 3.94. The summed E-state index contributed by atoms with van der Waals surface area (Å²) in [7, 11) is 0. The molecular formula is C21H21ClN4O7. The lowest BCUT2D eigenvalue weighted by Crippen LogP contribution is -2.39. The monoisotopic (exact) mass is 476 g/mol. The summed E-state index contributed by atoms with van der Waals surface area (Å²) in [6.07, 6.45) is -0.327. The predicted molar refractivity (Wildman–Crippen MR) is 120 cm³/mol. The van der Waals surface area contributed by atoms with Gasteiger partial charge in [0.1, 0.15) is 5.69 Å². The van der Waals surface area contributed by atoms with E-state index in [1.54, 1.807) is 18.2 Å². The van der Waals surface area contributed by atoms with Crippen molar-refractivity contribution in [1.29, 1.82) is 0 Å². The molecule has 1 amide bonds. The number of piperidine rings is 1. The van der Waals surface area contributed by atoms with Gasteiger partial charge in [0.25, 0.3) is 17.3 Å². The highest BCUT2D eigenvalue weighted by molar-refractivity contribution is 6.33. The number of benzene rings is 2. The molecule has 0 aliphatic carbocycles. The molecule has 33 heavy (non-hydrogen) atoms. The molecule has 1 aliphatic rings. The Morgan fingerprint density at radius 3 is 2.42 bits per heavy atom. The molecule has 2 aromatic carbocycles. The highest BCUT2D eigenvalue weighted by Gasteiger charge is 2.31.